The van der Waals surface area contributed by atoms with E-state index in [-0.39, 0.29) is 11.7 Å². The van der Waals surface area contributed by atoms with Gasteiger partial charge in [0.2, 0.25) is 15.9 Å². The third kappa shape index (κ3) is 5.09. The number of likely N-dealkylation sites (N-methyl/N-ethyl adjacent to an activating group) is 1. The summed E-state index contributed by atoms with van der Waals surface area (Å²) in [5.41, 5.74) is 0.309. The monoisotopic (exact) mass is 395 g/mol. The van der Waals surface area contributed by atoms with Crippen LogP contribution in [0.1, 0.15) is 39.2 Å². The molecule has 0 unspecified atom stereocenters. The molecule has 6 nitrogen and oxygen atoms in total. The van der Waals surface area contributed by atoms with Crippen LogP contribution in [0.4, 0.5) is 0 Å². The second-order valence-electron chi connectivity index (χ2n) is 7.03. The zero-order valence-corrected chi connectivity index (χ0v) is 17.6. The molecule has 1 N–H and O–H groups in total. The average Bonchev–Trinajstić information content (AvgIpc) is 2.71. The molecule has 1 aliphatic heterocycles. The van der Waals surface area contributed by atoms with Crippen molar-refractivity contribution in [3.63, 3.8) is 0 Å². The first-order valence-corrected chi connectivity index (χ1v) is 11.5. The van der Waals surface area contributed by atoms with Gasteiger partial charge in [-0.25, -0.2) is 12.7 Å². The van der Waals surface area contributed by atoms with Crippen LogP contribution in [0.2, 0.25) is 0 Å². The maximum atomic E-state index is 13.2. The fourth-order valence-corrected chi connectivity index (χ4v) is 4.87. The standard InChI is InChI=1S/C20H33N3O3S/c1-4-22(5-2)17-14-21-19(24)20(18-10-8-7-9-11-18)12-15-23(16-13-20)27(25,26)6-3/h7-11H,4-6,12-17H2,1-3H3,(H,21,24). The van der Waals surface area contributed by atoms with E-state index in [0.29, 0.717) is 32.5 Å². The summed E-state index contributed by atoms with van der Waals surface area (Å²) in [5, 5.41) is 3.11. The molecule has 0 saturated carbocycles. The van der Waals surface area contributed by atoms with Gasteiger partial charge in [0.05, 0.1) is 11.2 Å². The molecule has 1 aromatic carbocycles. The van der Waals surface area contributed by atoms with Crippen LogP contribution in [-0.4, -0.2) is 68.6 Å². The number of hydrogen-bond acceptors (Lipinski definition) is 4. The second-order valence-corrected chi connectivity index (χ2v) is 9.29. The van der Waals surface area contributed by atoms with Crippen molar-refractivity contribution < 1.29 is 13.2 Å². The molecule has 1 amide bonds. The summed E-state index contributed by atoms with van der Waals surface area (Å²) >= 11 is 0. The van der Waals surface area contributed by atoms with Gasteiger partial charge in [0.15, 0.2) is 0 Å². The Labute approximate surface area is 164 Å². The van der Waals surface area contributed by atoms with Crippen LogP contribution >= 0.6 is 0 Å². The summed E-state index contributed by atoms with van der Waals surface area (Å²) in [4.78, 5) is 15.5. The van der Waals surface area contributed by atoms with Crippen LogP contribution in [0.25, 0.3) is 0 Å². The number of carbonyl (C=O) groups is 1. The van der Waals surface area contributed by atoms with Gasteiger partial charge in [-0.3, -0.25) is 4.79 Å². The fraction of sp³-hybridized carbons (Fsp3) is 0.650. The minimum atomic E-state index is -3.22. The lowest BCUT2D eigenvalue weighted by molar-refractivity contribution is -0.128. The van der Waals surface area contributed by atoms with Gasteiger partial charge >= 0.3 is 0 Å². The van der Waals surface area contributed by atoms with E-state index in [0.717, 1.165) is 25.2 Å². The van der Waals surface area contributed by atoms with Crippen molar-refractivity contribution in [2.75, 3.05) is 45.0 Å². The summed E-state index contributed by atoms with van der Waals surface area (Å²) in [6, 6.07) is 9.78. The van der Waals surface area contributed by atoms with Gasteiger partial charge in [-0.15, -0.1) is 0 Å². The van der Waals surface area contributed by atoms with Gasteiger partial charge in [-0.2, -0.15) is 0 Å². The normalized spacial score (nSPS) is 17.8. The van der Waals surface area contributed by atoms with Crippen LogP contribution < -0.4 is 5.32 Å². The molecule has 2 rings (SSSR count). The van der Waals surface area contributed by atoms with Crippen molar-refractivity contribution in [2.45, 2.75) is 39.0 Å². The van der Waals surface area contributed by atoms with Crippen LogP contribution in [0, 0.1) is 0 Å². The lowest BCUT2D eigenvalue weighted by Crippen LogP contribution is -2.53. The molecule has 0 aliphatic carbocycles. The highest BCUT2D eigenvalue weighted by Crippen LogP contribution is 2.36. The number of sulfonamides is 1. The highest BCUT2D eigenvalue weighted by molar-refractivity contribution is 7.89. The average molecular weight is 396 g/mol. The van der Waals surface area contributed by atoms with Crippen molar-refractivity contribution in [3.05, 3.63) is 35.9 Å². The third-order valence-corrected chi connectivity index (χ3v) is 7.58. The Hall–Kier alpha value is -1.44. The summed E-state index contributed by atoms with van der Waals surface area (Å²) in [6.45, 7) is 9.99. The molecule has 152 valence electrons. The molecule has 0 aromatic heterocycles. The zero-order valence-electron chi connectivity index (χ0n) is 16.8. The number of nitrogens with one attached hydrogen (secondary N) is 1. The van der Waals surface area contributed by atoms with Crippen LogP contribution in [0.15, 0.2) is 30.3 Å². The molecule has 0 bridgehead atoms. The number of benzene rings is 1. The largest absolute Gasteiger partial charge is 0.354 e. The quantitative estimate of drug-likeness (QED) is 0.693. The SMILES string of the molecule is CCN(CC)CCNC(=O)C1(c2ccccc2)CCN(S(=O)(=O)CC)CC1. The highest BCUT2D eigenvalue weighted by atomic mass is 32.2. The third-order valence-electron chi connectivity index (χ3n) is 5.70. The van der Waals surface area contributed by atoms with Gasteiger partial charge in [-0.1, -0.05) is 44.2 Å². The van der Waals surface area contributed by atoms with Crippen molar-refractivity contribution in [2.24, 2.45) is 0 Å². The lowest BCUT2D eigenvalue weighted by atomic mass is 9.72. The molecule has 0 spiro atoms. The Kier molecular flexibility index (Phi) is 7.82. The number of amides is 1. The number of hydrogen-bond donors (Lipinski definition) is 1. The molecular formula is C20H33N3O3S. The van der Waals surface area contributed by atoms with Crippen LogP contribution in [0.5, 0.6) is 0 Å². The van der Waals surface area contributed by atoms with E-state index < -0.39 is 15.4 Å². The Morgan fingerprint density at radius 2 is 1.70 bits per heavy atom. The maximum Gasteiger partial charge on any atom is 0.230 e. The van der Waals surface area contributed by atoms with E-state index >= 15 is 0 Å². The van der Waals surface area contributed by atoms with Crippen molar-refractivity contribution in [3.8, 4) is 0 Å². The molecule has 7 heteroatoms. The molecule has 1 aromatic rings. The summed E-state index contributed by atoms with van der Waals surface area (Å²) in [6.07, 6.45) is 1.01. The predicted molar refractivity (Wildman–Crippen MR) is 109 cm³/mol. The Morgan fingerprint density at radius 1 is 1.11 bits per heavy atom. The van der Waals surface area contributed by atoms with Crippen LogP contribution in [-0.2, 0) is 20.2 Å². The van der Waals surface area contributed by atoms with Gasteiger partial charge in [0, 0.05) is 26.2 Å². The molecule has 1 aliphatic rings. The van der Waals surface area contributed by atoms with Gasteiger partial charge < -0.3 is 10.2 Å². The van der Waals surface area contributed by atoms with E-state index in [1.54, 1.807) is 6.92 Å². The molecule has 0 atom stereocenters. The first kappa shape index (κ1) is 21.9. The Balaban J connectivity index is 2.15. The minimum absolute atomic E-state index is 0.00871. The first-order chi connectivity index (χ1) is 12.9. The molecular weight excluding hydrogens is 362 g/mol. The van der Waals surface area contributed by atoms with Crippen molar-refractivity contribution in [1.29, 1.82) is 0 Å². The summed E-state index contributed by atoms with van der Waals surface area (Å²) in [7, 11) is -3.22. The van der Waals surface area contributed by atoms with E-state index in [1.165, 1.54) is 4.31 Å². The summed E-state index contributed by atoms with van der Waals surface area (Å²) in [5.74, 6) is 0.107. The molecule has 0 radical (unpaired) electrons. The zero-order chi connectivity index (χ0) is 19.9. The maximum absolute atomic E-state index is 13.2. The number of nitrogens with zero attached hydrogens (tertiary/aromatic N) is 2. The van der Waals surface area contributed by atoms with Crippen LogP contribution in [0.3, 0.4) is 0 Å². The van der Waals surface area contributed by atoms with Crippen molar-refractivity contribution >= 4 is 15.9 Å². The Morgan fingerprint density at radius 3 is 2.22 bits per heavy atom. The number of carbonyl (C=O) groups excluding carboxylic acids is 1. The second kappa shape index (κ2) is 9.66. The molecule has 1 heterocycles. The van der Waals surface area contributed by atoms with Gasteiger partial charge in [0.1, 0.15) is 0 Å². The van der Waals surface area contributed by atoms with Gasteiger partial charge in [0.25, 0.3) is 0 Å². The highest BCUT2D eigenvalue weighted by Gasteiger charge is 2.44. The molecule has 1 fully saturated rings. The van der Waals surface area contributed by atoms with Gasteiger partial charge in [-0.05, 0) is 38.4 Å². The lowest BCUT2D eigenvalue weighted by Gasteiger charge is -2.40. The predicted octanol–water partition coefficient (Wildman–Crippen LogP) is 1.83. The smallest absolute Gasteiger partial charge is 0.230 e. The van der Waals surface area contributed by atoms with E-state index in [2.05, 4.69) is 24.1 Å². The number of piperidine rings is 1. The molecule has 1 saturated heterocycles. The topological polar surface area (TPSA) is 69.7 Å². The Bertz CT molecular complexity index is 694. The van der Waals surface area contributed by atoms with E-state index in [9.17, 15) is 13.2 Å². The summed E-state index contributed by atoms with van der Waals surface area (Å²) < 4.78 is 25.9. The fourth-order valence-electron chi connectivity index (χ4n) is 3.77. The molecule has 27 heavy (non-hydrogen) atoms. The van der Waals surface area contributed by atoms with E-state index in [1.807, 2.05) is 30.3 Å². The van der Waals surface area contributed by atoms with Crippen molar-refractivity contribution in [1.82, 2.24) is 14.5 Å². The minimum Gasteiger partial charge on any atom is -0.354 e. The first-order valence-electron chi connectivity index (χ1n) is 9.93. The number of rotatable bonds is 9. The van der Waals surface area contributed by atoms with E-state index in [4.69, 9.17) is 0 Å².